The molecular weight excluding hydrogens is 723 g/mol. The van der Waals surface area contributed by atoms with Gasteiger partial charge in [0.25, 0.3) is 0 Å². The number of benzene rings is 2. The van der Waals surface area contributed by atoms with Gasteiger partial charge in [0.15, 0.2) is 6.10 Å². The van der Waals surface area contributed by atoms with Crippen LogP contribution in [0.3, 0.4) is 0 Å². The van der Waals surface area contributed by atoms with Gasteiger partial charge in [-0.3, -0.25) is 4.79 Å². The number of nitrogens with one attached hydrogen (secondary N) is 2. The second-order valence-corrected chi connectivity index (χ2v) is 14.1. The predicted octanol–water partition coefficient (Wildman–Crippen LogP) is 6.99. The minimum absolute atomic E-state index is 0.0242. The molecule has 2 aliphatic heterocycles. The molecule has 3 atom stereocenters. The average Bonchev–Trinajstić information content (AvgIpc) is 3.32. The van der Waals surface area contributed by atoms with Gasteiger partial charge in [-0.25, -0.2) is 9.59 Å². The Labute approximate surface area is 270 Å². The number of aliphatic hydroxyl groups is 1. The molecule has 0 saturated carbocycles. The zero-order valence-corrected chi connectivity index (χ0v) is 28.5. The molecule has 0 bridgehead atoms. The van der Waals surface area contributed by atoms with Crippen LogP contribution in [0.4, 0.5) is 9.59 Å². The lowest BCUT2D eigenvalue weighted by atomic mass is 10.1. The highest BCUT2D eigenvalue weighted by molar-refractivity contribution is 9.10. The number of ketones is 1. The molecule has 0 fully saturated rings. The van der Waals surface area contributed by atoms with E-state index in [-0.39, 0.29) is 18.9 Å². The third-order valence-corrected chi connectivity index (χ3v) is 6.96. The summed E-state index contributed by atoms with van der Waals surface area (Å²) in [5, 5.41) is 16.1. The van der Waals surface area contributed by atoms with Crippen molar-refractivity contribution in [2.45, 2.75) is 71.1 Å². The fourth-order valence-electron chi connectivity index (χ4n) is 3.85. The lowest BCUT2D eigenvalue weighted by molar-refractivity contribution is 0.0409. The molecule has 42 heavy (non-hydrogen) atoms. The third kappa shape index (κ3) is 9.37. The van der Waals surface area contributed by atoms with Gasteiger partial charge in [0.2, 0.25) is 5.78 Å². The van der Waals surface area contributed by atoms with Gasteiger partial charge in [-0.1, -0.05) is 55.1 Å². The van der Waals surface area contributed by atoms with Gasteiger partial charge < -0.3 is 34.7 Å². The van der Waals surface area contributed by atoms with Crippen molar-refractivity contribution >= 4 is 73.0 Å². The van der Waals surface area contributed by atoms with Gasteiger partial charge in [0.05, 0.1) is 28.7 Å². The average molecular weight is 755 g/mol. The number of rotatable bonds is 4. The minimum atomic E-state index is -0.857. The van der Waals surface area contributed by atoms with Crippen LogP contribution < -0.4 is 20.1 Å². The van der Waals surface area contributed by atoms with Crippen LogP contribution >= 0.6 is 55.1 Å². The molecule has 10 nitrogen and oxygen atoms in total. The number of hydrogen-bond donors (Lipinski definition) is 3. The van der Waals surface area contributed by atoms with E-state index >= 15 is 0 Å². The Bertz CT molecular complexity index is 1360. The number of carbonyl (C=O) groups excluding carboxylic acids is 3. The Morgan fingerprint density at radius 3 is 1.90 bits per heavy atom. The Morgan fingerprint density at radius 2 is 1.36 bits per heavy atom. The molecule has 14 heteroatoms. The number of carbonyl (C=O) groups is 3. The Kier molecular flexibility index (Phi) is 11.1. The van der Waals surface area contributed by atoms with Gasteiger partial charge >= 0.3 is 12.2 Å². The van der Waals surface area contributed by atoms with Gasteiger partial charge in [-0.2, -0.15) is 0 Å². The molecule has 0 radical (unpaired) electrons. The molecule has 2 heterocycles. The summed E-state index contributed by atoms with van der Waals surface area (Å²) < 4.78 is 22.8. The summed E-state index contributed by atoms with van der Waals surface area (Å²) in [6.07, 6.45) is -3.40. The first-order valence-electron chi connectivity index (χ1n) is 12.8. The molecule has 0 aliphatic carbocycles. The Hall–Kier alpha value is -2.25. The Morgan fingerprint density at radius 1 is 0.857 bits per heavy atom. The SMILES string of the molecule is CC(C)(C)OC(=O)NCC1Oc2c(Cl)cc(Br)cc2C1=O.CC(C)(C)OC(=O)NCC1Oc2c(Cl)cc(Br)cc2C1O. The number of hydrogen-bond acceptors (Lipinski definition) is 8. The van der Waals surface area contributed by atoms with Crippen LogP contribution in [-0.2, 0) is 9.47 Å². The number of halogens is 4. The summed E-state index contributed by atoms with van der Waals surface area (Å²) in [5.41, 5.74) is -0.159. The molecule has 2 amide bonds. The molecule has 2 aliphatic rings. The van der Waals surface area contributed by atoms with Crippen molar-refractivity contribution in [1.29, 1.82) is 0 Å². The van der Waals surface area contributed by atoms with Gasteiger partial charge in [0, 0.05) is 14.5 Å². The standard InChI is InChI=1S/C14H17BrClNO4.C14H15BrClNO4/c2*1-14(2,3)21-13(19)17-6-10-11(18)8-4-7(15)5-9(16)12(8)20-10/h4-5,10-11,18H,6H2,1-3H3,(H,17,19);4-5,10H,6H2,1-3H3,(H,17,19). The molecule has 3 unspecified atom stereocenters. The van der Waals surface area contributed by atoms with E-state index in [4.69, 9.17) is 42.1 Å². The number of Topliss-reactive ketones (excluding diaryl/α,β-unsaturated/α-hetero) is 1. The maximum absolute atomic E-state index is 12.2. The summed E-state index contributed by atoms with van der Waals surface area (Å²) in [4.78, 5) is 35.4. The van der Waals surface area contributed by atoms with Crippen molar-refractivity contribution in [2.24, 2.45) is 0 Å². The summed E-state index contributed by atoms with van der Waals surface area (Å²) in [6.45, 7) is 10.8. The van der Waals surface area contributed by atoms with E-state index in [0.717, 1.165) is 4.47 Å². The zero-order valence-electron chi connectivity index (χ0n) is 23.8. The van der Waals surface area contributed by atoms with Crippen molar-refractivity contribution < 1.29 is 38.4 Å². The van der Waals surface area contributed by atoms with Gasteiger partial charge in [-0.15, -0.1) is 0 Å². The van der Waals surface area contributed by atoms with E-state index in [1.807, 2.05) is 0 Å². The molecule has 4 rings (SSSR count). The van der Waals surface area contributed by atoms with E-state index < -0.39 is 41.7 Å². The zero-order chi connectivity index (χ0) is 31.6. The number of alkyl carbamates (subject to hydrolysis) is 2. The van der Waals surface area contributed by atoms with Crippen LogP contribution in [-0.4, -0.2) is 59.6 Å². The van der Waals surface area contributed by atoms with Gasteiger partial charge in [-0.05, 0) is 65.8 Å². The number of amides is 2. The molecule has 0 aromatic heterocycles. The molecular formula is C28H32Br2Cl2N2O8. The van der Waals surface area contributed by atoms with Crippen LogP contribution in [0.2, 0.25) is 10.0 Å². The first kappa shape index (κ1) is 34.2. The second-order valence-electron chi connectivity index (χ2n) is 11.4. The minimum Gasteiger partial charge on any atom is -0.484 e. The maximum Gasteiger partial charge on any atom is 0.407 e. The molecule has 2 aromatic rings. The molecule has 0 saturated heterocycles. The molecule has 2 aromatic carbocycles. The van der Waals surface area contributed by atoms with Crippen LogP contribution in [0.1, 0.15) is 63.6 Å². The highest BCUT2D eigenvalue weighted by Crippen LogP contribution is 2.43. The first-order chi connectivity index (χ1) is 19.3. The lowest BCUT2D eigenvalue weighted by Crippen LogP contribution is -2.40. The highest BCUT2D eigenvalue weighted by atomic mass is 79.9. The molecule has 3 N–H and O–H groups in total. The molecule has 0 spiro atoms. The summed E-state index contributed by atoms with van der Waals surface area (Å²) in [5.74, 6) is 0.577. The van der Waals surface area contributed by atoms with Crippen molar-refractivity contribution in [1.82, 2.24) is 10.6 Å². The van der Waals surface area contributed by atoms with Crippen LogP contribution in [0.5, 0.6) is 11.5 Å². The lowest BCUT2D eigenvalue weighted by Gasteiger charge is -2.21. The monoisotopic (exact) mass is 752 g/mol. The summed E-state index contributed by atoms with van der Waals surface area (Å²) in [7, 11) is 0. The Balaban J connectivity index is 0.000000230. The number of fused-ring (bicyclic) bond motifs is 2. The van der Waals surface area contributed by atoms with Crippen molar-refractivity contribution in [3.05, 3.63) is 54.4 Å². The van der Waals surface area contributed by atoms with Crippen molar-refractivity contribution in [3.8, 4) is 11.5 Å². The smallest absolute Gasteiger partial charge is 0.407 e. The number of aliphatic hydroxyl groups excluding tert-OH is 1. The second kappa shape index (κ2) is 13.6. The normalized spacial score (nSPS) is 18.9. The third-order valence-electron chi connectivity index (χ3n) is 5.48. The van der Waals surface area contributed by atoms with Crippen LogP contribution in [0, 0.1) is 0 Å². The maximum atomic E-state index is 12.2. The van der Waals surface area contributed by atoms with E-state index in [1.54, 1.807) is 65.8 Å². The number of ether oxygens (including phenoxy) is 4. The quantitative estimate of drug-likeness (QED) is 0.305. The largest absolute Gasteiger partial charge is 0.484 e. The van der Waals surface area contributed by atoms with Gasteiger partial charge in [0.1, 0.15) is 34.9 Å². The van der Waals surface area contributed by atoms with Crippen LogP contribution in [0.15, 0.2) is 33.2 Å². The van der Waals surface area contributed by atoms with Crippen LogP contribution in [0.25, 0.3) is 0 Å². The van der Waals surface area contributed by atoms with E-state index in [2.05, 4.69) is 42.5 Å². The van der Waals surface area contributed by atoms with E-state index in [1.165, 1.54) is 0 Å². The fraction of sp³-hybridized carbons (Fsp3) is 0.464. The molecule has 230 valence electrons. The summed E-state index contributed by atoms with van der Waals surface area (Å²) in [6, 6.07) is 6.74. The van der Waals surface area contributed by atoms with Crippen molar-refractivity contribution in [3.63, 3.8) is 0 Å². The van der Waals surface area contributed by atoms with E-state index in [9.17, 15) is 19.5 Å². The predicted molar refractivity (Wildman–Crippen MR) is 165 cm³/mol. The summed E-state index contributed by atoms with van der Waals surface area (Å²) >= 11 is 18.7. The fourth-order valence-corrected chi connectivity index (χ4v) is 5.58. The highest BCUT2D eigenvalue weighted by Gasteiger charge is 2.36. The topological polar surface area (TPSA) is 132 Å². The van der Waals surface area contributed by atoms with Crippen molar-refractivity contribution in [2.75, 3.05) is 13.1 Å². The first-order valence-corrected chi connectivity index (χ1v) is 15.2. The van der Waals surface area contributed by atoms with E-state index in [0.29, 0.717) is 37.1 Å².